The highest BCUT2D eigenvalue weighted by Crippen LogP contribution is 2.18. The Labute approximate surface area is 366 Å². The summed E-state index contributed by atoms with van der Waals surface area (Å²) in [7, 11) is 0. The summed E-state index contributed by atoms with van der Waals surface area (Å²) < 4.78 is 5.47. The van der Waals surface area contributed by atoms with E-state index in [1.54, 1.807) is 0 Å². The number of unbranched alkanes of at least 4 members (excludes halogenated alkanes) is 42. The third kappa shape index (κ3) is 51.3. The maximum atomic E-state index is 12.1. The smallest absolute Gasteiger partial charge is 0.305 e. The van der Waals surface area contributed by atoms with Crippen LogP contribution in [0.1, 0.15) is 322 Å². The van der Waals surface area contributed by atoms with Crippen molar-refractivity contribution < 1.29 is 14.6 Å². The molecule has 0 saturated heterocycles. The number of carbonyl (C=O) groups excluding carboxylic acids is 1. The third-order valence-electron chi connectivity index (χ3n) is 12.7. The monoisotopic (exact) mass is 817 g/mol. The van der Waals surface area contributed by atoms with Gasteiger partial charge in [0.1, 0.15) is 0 Å². The molecule has 1 atom stereocenters. The van der Waals surface area contributed by atoms with E-state index < -0.39 is 0 Å². The van der Waals surface area contributed by atoms with E-state index in [1.807, 2.05) is 0 Å². The summed E-state index contributed by atoms with van der Waals surface area (Å²) in [6.45, 7) is 5.13. The molecular weight excluding hydrogens is 709 g/mol. The molecule has 0 heterocycles. The molecule has 0 amide bonds. The molecule has 0 aromatic rings. The van der Waals surface area contributed by atoms with Gasteiger partial charge < -0.3 is 9.84 Å². The first-order valence-electron chi connectivity index (χ1n) is 27.2. The van der Waals surface area contributed by atoms with Crippen molar-refractivity contribution in [2.75, 3.05) is 6.61 Å². The summed E-state index contributed by atoms with van der Waals surface area (Å²) in [6, 6.07) is 0. The molecule has 0 aliphatic carbocycles. The van der Waals surface area contributed by atoms with E-state index in [-0.39, 0.29) is 12.1 Å². The predicted octanol–water partition coefficient (Wildman–Crippen LogP) is 19.2. The first-order valence-corrected chi connectivity index (χ1v) is 27.2. The van der Waals surface area contributed by atoms with Crippen molar-refractivity contribution in [3.05, 3.63) is 12.2 Å². The Hall–Kier alpha value is -0.830. The SMILES string of the molecule is CCCCCCCCCCCCCCCCCCCCCCCCCCCCCCCCCCCCC(=O)OCCCCCCCC/C=C\C[C@H](O)CCCCCC. The summed E-state index contributed by atoms with van der Waals surface area (Å²) in [4.78, 5) is 12.1. The van der Waals surface area contributed by atoms with Crippen LogP contribution in [0.15, 0.2) is 12.2 Å². The fraction of sp³-hybridized carbons (Fsp3) is 0.945. The van der Waals surface area contributed by atoms with Crippen molar-refractivity contribution in [2.45, 2.75) is 328 Å². The van der Waals surface area contributed by atoms with Crippen molar-refractivity contribution in [2.24, 2.45) is 0 Å². The Balaban J connectivity index is 3.18. The second kappa shape index (κ2) is 52.3. The molecule has 346 valence electrons. The van der Waals surface area contributed by atoms with Crippen LogP contribution in [-0.2, 0) is 9.53 Å². The topological polar surface area (TPSA) is 46.5 Å². The highest BCUT2D eigenvalue weighted by Gasteiger charge is 2.04. The second-order valence-electron chi connectivity index (χ2n) is 18.8. The molecule has 3 heteroatoms. The van der Waals surface area contributed by atoms with Crippen LogP contribution in [0.2, 0.25) is 0 Å². The van der Waals surface area contributed by atoms with Crippen LogP contribution in [-0.4, -0.2) is 23.8 Å². The molecule has 0 fully saturated rings. The molecule has 0 spiro atoms. The molecule has 0 rings (SSSR count). The van der Waals surface area contributed by atoms with Crippen LogP contribution < -0.4 is 0 Å². The van der Waals surface area contributed by atoms with Gasteiger partial charge in [-0.3, -0.25) is 4.79 Å². The van der Waals surface area contributed by atoms with Crippen molar-refractivity contribution in [1.29, 1.82) is 0 Å². The Morgan fingerprint density at radius 1 is 0.379 bits per heavy atom. The molecule has 0 aromatic heterocycles. The van der Waals surface area contributed by atoms with E-state index in [0.717, 1.165) is 44.9 Å². The van der Waals surface area contributed by atoms with E-state index in [2.05, 4.69) is 26.0 Å². The minimum Gasteiger partial charge on any atom is -0.466 e. The van der Waals surface area contributed by atoms with Gasteiger partial charge in [-0.25, -0.2) is 0 Å². The van der Waals surface area contributed by atoms with Gasteiger partial charge in [0.25, 0.3) is 0 Å². The number of aliphatic hydroxyl groups is 1. The lowest BCUT2D eigenvalue weighted by Crippen LogP contribution is -2.05. The van der Waals surface area contributed by atoms with Gasteiger partial charge in [0, 0.05) is 6.42 Å². The predicted molar refractivity (Wildman–Crippen MR) is 259 cm³/mol. The standard InChI is InChI=1S/C55H108O3/c1-3-5-7-9-10-11-12-13-14-15-16-17-18-19-20-21-22-23-24-25-26-27-28-29-30-31-32-33-34-35-38-41-44-48-52-55(57)58-53-49-45-42-39-36-37-40-43-47-51-54(56)50-46-8-6-4-2/h43,47,54,56H,3-42,44-46,48-53H2,1-2H3/b47-43-/t54-/m1/s1. The molecule has 0 radical (unpaired) electrons. The largest absolute Gasteiger partial charge is 0.466 e. The number of aliphatic hydroxyl groups excluding tert-OH is 1. The molecule has 0 aliphatic heterocycles. The molecule has 0 unspecified atom stereocenters. The number of hydrogen-bond donors (Lipinski definition) is 1. The zero-order valence-electron chi connectivity index (χ0n) is 40.1. The highest BCUT2D eigenvalue weighted by molar-refractivity contribution is 5.69. The fourth-order valence-electron chi connectivity index (χ4n) is 8.62. The summed E-state index contributed by atoms with van der Waals surface area (Å²) in [5.41, 5.74) is 0. The molecule has 1 N–H and O–H groups in total. The zero-order valence-corrected chi connectivity index (χ0v) is 40.1. The number of rotatable bonds is 51. The third-order valence-corrected chi connectivity index (χ3v) is 12.7. The first-order chi connectivity index (χ1) is 28.7. The van der Waals surface area contributed by atoms with Crippen molar-refractivity contribution in [1.82, 2.24) is 0 Å². The Morgan fingerprint density at radius 3 is 1.03 bits per heavy atom. The van der Waals surface area contributed by atoms with Crippen LogP contribution in [0, 0.1) is 0 Å². The summed E-state index contributed by atoms with van der Waals surface area (Å²) in [6.07, 6.45) is 68.3. The molecular formula is C55H108O3. The molecule has 0 aliphatic rings. The lowest BCUT2D eigenvalue weighted by molar-refractivity contribution is -0.143. The average Bonchev–Trinajstić information content (AvgIpc) is 3.23. The number of ether oxygens (including phenoxy) is 1. The molecule has 0 bridgehead atoms. The summed E-state index contributed by atoms with van der Waals surface area (Å²) in [5, 5.41) is 10.0. The second-order valence-corrected chi connectivity index (χ2v) is 18.8. The van der Waals surface area contributed by atoms with Gasteiger partial charge in [-0.15, -0.1) is 0 Å². The Bertz CT molecular complexity index is 777. The van der Waals surface area contributed by atoms with Gasteiger partial charge >= 0.3 is 5.97 Å². The minimum absolute atomic E-state index is 0.00811. The first kappa shape index (κ1) is 57.2. The maximum Gasteiger partial charge on any atom is 0.305 e. The molecule has 58 heavy (non-hydrogen) atoms. The number of hydrogen-bond acceptors (Lipinski definition) is 3. The minimum atomic E-state index is -0.158. The van der Waals surface area contributed by atoms with Gasteiger partial charge in [0.2, 0.25) is 0 Å². The van der Waals surface area contributed by atoms with Crippen LogP contribution in [0.3, 0.4) is 0 Å². The summed E-state index contributed by atoms with van der Waals surface area (Å²) >= 11 is 0. The number of esters is 1. The van der Waals surface area contributed by atoms with E-state index >= 15 is 0 Å². The van der Waals surface area contributed by atoms with Gasteiger partial charge in [-0.05, 0) is 38.5 Å². The van der Waals surface area contributed by atoms with Crippen molar-refractivity contribution in [3.63, 3.8) is 0 Å². The maximum absolute atomic E-state index is 12.1. The quantitative estimate of drug-likeness (QED) is 0.0378. The number of carbonyl (C=O) groups is 1. The van der Waals surface area contributed by atoms with E-state index in [4.69, 9.17) is 4.74 Å². The lowest BCUT2D eigenvalue weighted by Gasteiger charge is -2.07. The van der Waals surface area contributed by atoms with Gasteiger partial charge in [0.15, 0.2) is 0 Å². The van der Waals surface area contributed by atoms with E-state index in [1.165, 1.54) is 257 Å². The molecule has 0 saturated carbocycles. The van der Waals surface area contributed by atoms with E-state index in [9.17, 15) is 9.90 Å². The van der Waals surface area contributed by atoms with Crippen LogP contribution in [0.5, 0.6) is 0 Å². The Kier molecular flexibility index (Phi) is 51.6. The number of allylic oxidation sites excluding steroid dienone is 1. The van der Waals surface area contributed by atoms with Gasteiger partial charge in [0.05, 0.1) is 12.7 Å². The van der Waals surface area contributed by atoms with Crippen molar-refractivity contribution >= 4 is 5.97 Å². The zero-order chi connectivity index (χ0) is 41.9. The normalized spacial score (nSPS) is 12.3. The van der Waals surface area contributed by atoms with Crippen LogP contribution >= 0.6 is 0 Å². The summed E-state index contributed by atoms with van der Waals surface area (Å²) in [5.74, 6) is 0.00811. The average molecular weight is 817 g/mol. The van der Waals surface area contributed by atoms with Gasteiger partial charge in [-0.2, -0.15) is 0 Å². The highest BCUT2D eigenvalue weighted by atomic mass is 16.5. The molecule has 0 aromatic carbocycles. The fourth-order valence-corrected chi connectivity index (χ4v) is 8.62. The van der Waals surface area contributed by atoms with E-state index in [0.29, 0.717) is 13.0 Å². The molecule has 3 nitrogen and oxygen atoms in total. The Morgan fingerprint density at radius 2 is 0.672 bits per heavy atom. The van der Waals surface area contributed by atoms with Crippen LogP contribution in [0.4, 0.5) is 0 Å². The van der Waals surface area contributed by atoms with Gasteiger partial charge in [-0.1, -0.05) is 289 Å². The lowest BCUT2D eigenvalue weighted by atomic mass is 10.0. The van der Waals surface area contributed by atoms with Crippen molar-refractivity contribution in [3.8, 4) is 0 Å². The van der Waals surface area contributed by atoms with Crippen LogP contribution in [0.25, 0.3) is 0 Å².